The van der Waals surface area contributed by atoms with Crippen LogP contribution in [0.5, 0.6) is 0 Å². The first-order valence-electron chi connectivity index (χ1n) is 5.06. The third kappa shape index (κ3) is 2.33. The van der Waals surface area contributed by atoms with Gasteiger partial charge in [-0.2, -0.15) is 0 Å². The molecule has 15 heavy (non-hydrogen) atoms. The van der Waals surface area contributed by atoms with Crippen LogP contribution in [0, 0.1) is 5.41 Å². The topological polar surface area (TPSA) is 62.2 Å². The molecular weight excluding hydrogens is 192 g/mol. The van der Waals surface area contributed by atoms with E-state index < -0.39 is 11.4 Å². The summed E-state index contributed by atoms with van der Waals surface area (Å²) in [6.07, 6.45) is 5.10. The molecule has 1 saturated carbocycles. The lowest BCUT2D eigenvalue weighted by Gasteiger charge is -2.10. The van der Waals surface area contributed by atoms with Crippen molar-refractivity contribution in [3.8, 4) is 0 Å². The Kier molecular flexibility index (Phi) is 2.68. The fraction of sp³-hybridized carbons (Fsp3) is 0.455. The molecule has 1 aromatic heterocycles. The van der Waals surface area contributed by atoms with Crippen LogP contribution in [0.1, 0.15) is 18.4 Å². The molecule has 1 aromatic rings. The van der Waals surface area contributed by atoms with Crippen LogP contribution in [0.2, 0.25) is 0 Å². The van der Waals surface area contributed by atoms with Crippen molar-refractivity contribution in [1.82, 2.24) is 10.3 Å². The summed E-state index contributed by atoms with van der Waals surface area (Å²) >= 11 is 0. The molecular formula is C11H14N2O2. The molecule has 0 aromatic carbocycles. The van der Waals surface area contributed by atoms with Gasteiger partial charge >= 0.3 is 5.97 Å². The van der Waals surface area contributed by atoms with E-state index in [-0.39, 0.29) is 0 Å². The van der Waals surface area contributed by atoms with E-state index in [2.05, 4.69) is 10.3 Å². The molecule has 2 N–H and O–H groups in total. The van der Waals surface area contributed by atoms with Crippen LogP contribution in [0.4, 0.5) is 0 Å². The summed E-state index contributed by atoms with van der Waals surface area (Å²) in [6, 6.07) is 3.85. The highest BCUT2D eigenvalue weighted by Gasteiger charge is 2.49. The number of carbonyl (C=O) groups is 1. The van der Waals surface area contributed by atoms with E-state index in [0.717, 1.165) is 18.4 Å². The van der Waals surface area contributed by atoms with Crippen molar-refractivity contribution >= 4 is 5.97 Å². The lowest BCUT2D eigenvalue weighted by Crippen LogP contribution is -2.29. The highest BCUT2D eigenvalue weighted by molar-refractivity contribution is 5.78. The van der Waals surface area contributed by atoms with Gasteiger partial charge in [-0.25, -0.2) is 0 Å². The predicted molar refractivity (Wildman–Crippen MR) is 55.2 cm³/mol. The highest BCUT2D eigenvalue weighted by atomic mass is 16.4. The van der Waals surface area contributed by atoms with Crippen molar-refractivity contribution < 1.29 is 9.90 Å². The smallest absolute Gasteiger partial charge is 0.310 e. The standard InChI is InChI=1S/C11H14N2O2/c14-10(15)11(3-4-11)8-13-7-9-2-1-5-12-6-9/h1-2,5-6,13H,3-4,7-8H2,(H,14,15). The summed E-state index contributed by atoms with van der Waals surface area (Å²) < 4.78 is 0. The van der Waals surface area contributed by atoms with Gasteiger partial charge in [0, 0.05) is 25.5 Å². The lowest BCUT2D eigenvalue weighted by molar-refractivity contribution is -0.143. The van der Waals surface area contributed by atoms with E-state index in [1.807, 2.05) is 12.1 Å². The van der Waals surface area contributed by atoms with Crippen molar-refractivity contribution in [3.63, 3.8) is 0 Å². The fourth-order valence-corrected chi connectivity index (χ4v) is 1.57. The minimum absolute atomic E-state index is 0.484. The molecule has 0 spiro atoms. The average molecular weight is 206 g/mol. The highest BCUT2D eigenvalue weighted by Crippen LogP contribution is 2.45. The molecule has 0 saturated heterocycles. The maximum absolute atomic E-state index is 10.9. The Balaban J connectivity index is 1.79. The van der Waals surface area contributed by atoms with Crippen molar-refractivity contribution in [3.05, 3.63) is 30.1 Å². The fourth-order valence-electron chi connectivity index (χ4n) is 1.57. The first-order chi connectivity index (χ1) is 7.23. The molecule has 0 aliphatic heterocycles. The summed E-state index contributed by atoms with van der Waals surface area (Å²) in [4.78, 5) is 14.9. The van der Waals surface area contributed by atoms with Gasteiger partial charge in [0.15, 0.2) is 0 Å². The Bertz CT molecular complexity index is 347. The molecule has 1 fully saturated rings. The molecule has 0 amide bonds. The van der Waals surface area contributed by atoms with E-state index >= 15 is 0 Å². The Hall–Kier alpha value is -1.42. The van der Waals surface area contributed by atoms with Gasteiger partial charge in [-0.05, 0) is 24.5 Å². The predicted octanol–water partition coefficient (Wildman–Crippen LogP) is 1.04. The maximum Gasteiger partial charge on any atom is 0.310 e. The van der Waals surface area contributed by atoms with E-state index in [0.29, 0.717) is 13.1 Å². The molecule has 0 bridgehead atoms. The number of hydrogen-bond donors (Lipinski definition) is 2. The van der Waals surface area contributed by atoms with Crippen LogP contribution in [0.25, 0.3) is 0 Å². The zero-order chi connectivity index (χ0) is 10.7. The molecule has 4 heteroatoms. The van der Waals surface area contributed by atoms with Crippen molar-refractivity contribution in [1.29, 1.82) is 0 Å². The van der Waals surface area contributed by atoms with Crippen LogP contribution in [-0.4, -0.2) is 22.6 Å². The quantitative estimate of drug-likeness (QED) is 0.755. The number of nitrogens with zero attached hydrogens (tertiary/aromatic N) is 1. The van der Waals surface area contributed by atoms with Crippen LogP contribution < -0.4 is 5.32 Å². The largest absolute Gasteiger partial charge is 0.481 e. The Morgan fingerprint density at radius 3 is 2.93 bits per heavy atom. The van der Waals surface area contributed by atoms with Crippen LogP contribution in [-0.2, 0) is 11.3 Å². The minimum atomic E-state index is -0.679. The maximum atomic E-state index is 10.9. The summed E-state index contributed by atoms with van der Waals surface area (Å²) in [5.74, 6) is -0.679. The third-order valence-electron chi connectivity index (χ3n) is 2.82. The number of carboxylic acids is 1. The number of aliphatic carboxylic acids is 1. The Morgan fingerprint density at radius 2 is 2.40 bits per heavy atom. The average Bonchev–Trinajstić information content (AvgIpc) is 3.01. The normalized spacial score (nSPS) is 17.3. The molecule has 0 unspecified atom stereocenters. The van der Waals surface area contributed by atoms with Gasteiger partial charge in [0.05, 0.1) is 5.41 Å². The first-order valence-corrected chi connectivity index (χ1v) is 5.06. The number of rotatable bonds is 5. The number of hydrogen-bond acceptors (Lipinski definition) is 3. The minimum Gasteiger partial charge on any atom is -0.481 e. The van der Waals surface area contributed by atoms with Crippen molar-refractivity contribution in [2.75, 3.05) is 6.54 Å². The van der Waals surface area contributed by atoms with Gasteiger partial charge in [0.25, 0.3) is 0 Å². The van der Waals surface area contributed by atoms with E-state index in [1.165, 1.54) is 0 Å². The number of pyridine rings is 1. The van der Waals surface area contributed by atoms with Gasteiger partial charge in [-0.3, -0.25) is 9.78 Å². The number of carboxylic acid groups (broad SMARTS) is 1. The molecule has 80 valence electrons. The summed E-state index contributed by atoms with van der Waals surface area (Å²) in [6.45, 7) is 1.24. The molecule has 0 atom stereocenters. The molecule has 4 nitrogen and oxygen atoms in total. The molecule has 1 aliphatic carbocycles. The molecule has 1 aliphatic rings. The van der Waals surface area contributed by atoms with Crippen molar-refractivity contribution in [2.24, 2.45) is 5.41 Å². The zero-order valence-electron chi connectivity index (χ0n) is 8.44. The van der Waals surface area contributed by atoms with Crippen molar-refractivity contribution in [2.45, 2.75) is 19.4 Å². The second-order valence-corrected chi connectivity index (χ2v) is 4.05. The second-order valence-electron chi connectivity index (χ2n) is 4.05. The molecule has 2 rings (SSSR count). The first kappa shape index (κ1) is 10.1. The van der Waals surface area contributed by atoms with Gasteiger partial charge in [0.1, 0.15) is 0 Å². The zero-order valence-corrected chi connectivity index (χ0v) is 8.44. The van der Waals surface area contributed by atoms with E-state index in [9.17, 15) is 4.79 Å². The van der Waals surface area contributed by atoms with E-state index in [4.69, 9.17) is 5.11 Å². The number of nitrogens with one attached hydrogen (secondary N) is 1. The van der Waals surface area contributed by atoms with Crippen LogP contribution >= 0.6 is 0 Å². The van der Waals surface area contributed by atoms with Gasteiger partial charge in [-0.1, -0.05) is 6.07 Å². The third-order valence-corrected chi connectivity index (χ3v) is 2.82. The second kappa shape index (κ2) is 3.98. The van der Waals surface area contributed by atoms with Crippen LogP contribution in [0.15, 0.2) is 24.5 Å². The Labute approximate surface area is 88.3 Å². The summed E-state index contributed by atoms with van der Waals surface area (Å²) in [7, 11) is 0. The molecule has 0 radical (unpaired) electrons. The Morgan fingerprint density at radius 1 is 1.60 bits per heavy atom. The SMILES string of the molecule is O=C(O)C1(CNCc2cccnc2)CC1. The molecule has 1 heterocycles. The van der Waals surface area contributed by atoms with Gasteiger partial charge in [-0.15, -0.1) is 0 Å². The lowest BCUT2D eigenvalue weighted by atomic mass is 10.1. The summed E-state index contributed by atoms with van der Waals surface area (Å²) in [5, 5.41) is 12.1. The van der Waals surface area contributed by atoms with Gasteiger partial charge in [0.2, 0.25) is 0 Å². The summed E-state index contributed by atoms with van der Waals surface area (Å²) in [5.41, 5.74) is 0.598. The van der Waals surface area contributed by atoms with E-state index in [1.54, 1.807) is 12.4 Å². The number of aromatic nitrogens is 1. The van der Waals surface area contributed by atoms with Crippen LogP contribution in [0.3, 0.4) is 0 Å². The monoisotopic (exact) mass is 206 g/mol. The van der Waals surface area contributed by atoms with Gasteiger partial charge < -0.3 is 10.4 Å².